The molecule has 30 heavy (non-hydrogen) atoms. The van der Waals surface area contributed by atoms with Crippen molar-refractivity contribution in [2.45, 2.75) is 38.5 Å². The van der Waals surface area contributed by atoms with Crippen molar-refractivity contribution < 1.29 is 4.39 Å². The third kappa shape index (κ3) is 2.79. The Morgan fingerprint density at radius 1 is 1.23 bits per heavy atom. The molecule has 6 rings (SSSR count). The van der Waals surface area contributed by atoms with Gasteiger partial charge in [0.2, 0.25) is 0 Å². The van der Waals surface area contributed by atoms with Crippen LogP contribution in [-0.2, 0) is 19.6 Å². The van der Waals surface area contributed by atoms with Crippen molar-refractivity contribution in [1.29, 1.82) is 0 Å². The van der Waals surface area contributed by atoms with E-state index in [1.54, 1.807) is 36.0 Å². The SMILES string of the molecule is CC(C1Cn2ncnc2-c2cc(F)ccc21)N1Cc2nc(-c3cccnc3)sc2C1. The van der Waals surface area contributed by atoms with Gasteiger partial charge in [-0.2, -0.15) is 5.10 Å². The molecule has 1 aromatic carbocycles. The monoisotopic (exact) mass is 418 g/mol. The van der Waals surface area contributed by atoms with Crippen LogP contribution in [0.15, 0.2) is 49.1 Å². The second-order valence-corrected chi connectivity index (χ2v) is 8.96. The predicted octanol–water partition coefficient (Wildman–Crippen LogP) is 4.10. The van der Waals surface area contributed by atoms with Gasteiger partial charge in [0.25, 0.3) is 0 Å². The Bertz CT molecular complexity index is 1210. The van der Waals surface area contributed by atoms with Gasteiger partial charge in [-0.25, -0.2) is 19.0 Å². The van der Waals surface area contributed by atoms with Crippen molar-refractivity contribution in [3.05, 3.63) is 71.0 Å². The fraction of sp³-hybridized carbons (Fsp3) is 0.273. The number of aromatic nitrogens is 5. The largest absolute Gasteiger partial charge is 0.289 e. The third-order valence-corrected chi connectivity index (χ3v) is 7.32. The van der Waals surface area contributed by atoms with Crippen LogP contribution in [0.5, 0.6) is 0 Å². The van der Waals surface area contributed by atoms with Gasteiger partial charge in [0, 0.05) is 53.4 Å². The van der Waals surface area contributed by atoms with Crippen LogP contribution < -0.4 is 0 Å². The van der Waals surface area contributed by atoms with E-state index in [1.807, 2.05) is 23.0 Å². The molecule has 150 valence electrons. The highest BCUT2D eigenvalue weighted by Gasteiger charge is 2.36. The lowest BCUT2D eigenvalue weighted by molar-refractivity contribution is 0.172. The van der Waals surface area contributed by atoms with E-state index < -0.39 is 0 Å². The lowest BCUT2D eigenvalue weighted by Crippen LogP contribution is -2.37. The van der Waals surface area contributed by atoms with Gasteiger partial charge in [0.05, 0.1) is 12.2 Å². The van der Waals surface area contributed by atoms with E-state index in [0.29, 0.717) is 0 Å². The number of nitrogens with zero attached hydrogens (tertiary/aromatic N) is 6. The van der Waals surface area contributed by atoms with Crippen LogP contribution >= 0.6 is 11.3 Å². The Balaban J connectivity index is 1.28. The van der Waals surface area contributed by atoms with E-state index in [9.17, 15) is 4.39 Å². The number of hydrogen-bond donors (Lipinski definition) is 0. The van der Waals surface area contributed by atoms with Crippen LogP contribution in [0.25, 0.3) is 22.0 Å². The van der Waals surface area contributed by atoms with Gasteiger partial charge >= 0.3 is 0 Å². The number of benzene rings is 1. The number of pyridine rings is 1. The fourth-order valence-electron chi connectivity index (χ4n) is 4.57. The molecule has 5 heterocycles. The predicted molar refractivity (Wildman–Crippen MR) is 112 cm³/mol. The summed E-state index contributed by atoms with van der Waals surface area (Å²) in [5.41, 5.74) is 4.21. The maximum atomic E-state index is 14.0. The average Bonchev–Trinajstić information content (AvgIpc) is 3.48. The zero-order valence-corrected chi connectivity index (χ0v) is 17.2. The molecular formula is C22H19FN6S. The summed E-state index contributed by atoms with van der Waals surface area (Å²) in [5.74, 6) is 0.713. The highest BCUT2D eigenvalue weighted by molar-refractivity contribution is 7.15. The van der Waals surface area contributed by atoms with E-state index in [0.717, 1.165) is 52.9 Å². The van der Waals surface area contributed by atoms with Crippen LogP contribution in [0.3, 0.4) is 0 Å². The Morgan fingerprint density at radius 2 is 2.17 bits per heavy atom. The minimum atomic E-state index is -0.243. The number of thiazole rings is 1. The van der Waals surface area contributed by atoms with Gasteiger partial charge in [0.15, 0.2) is 5.82 Å². The Hall–Kier alpha value is -2.97. The van der Waals surface area contributed by atoms with E-state index in [4.69, 9.17) is 4.98 Å². The molecule has 0 fully saturated rings. The van der Waals surface area contributed by atoms with Crippen molar-refractivity contribution in [2.75, 3.05) is 0 Å². The van der Waals surface area contributed by atoms with Gasteiger partial charge < -0.3 is 0 Å². The van der Waals surface area contributed by atoms with Crippen molar-refractivity contribution in [2.24, 2.45) is 0 Å². The Morgan fingerprint density at radius 3 is 3.00 bits per heavy atom. The van der Waals surface area contributed by atoms with Crippen LogP contribution in [-0.4, -0.2) is 35.7 Å². The lowest BCUT2D eigenvalue weighted by atomic mass is 9.85. The highest BCUT2D eigenvalue weighted by atomic mass is 32.1. The zero-order valence-electron chi connectivity index (χ0n) is 16.4. The Kier molecular flexibility index (Phi) is 4.04. The van der Waals surface area contributed by atoms with E-state index >= 15 is 0 Å². The second-order valence-electron chi connectivity index (χ2n) is 7.88. The number of rotatable bonds is 3. The first-order valence-electron chi connectivity index (χ1n) is 9.98. The van der Waals surface area contributed by atoms with Crippen LogP contribution in [0.4, 0.5) is 4.39 Å². The number of hydrogen-bond acceptors (Lipinski definition) is 6. The van der Waals surface area contributed by atoms with Crippen LogP contribution in [0.1, 0.15) is 29.0 Å². The lowest BCUT2D eigenvalue weighted by Gasteiger charge is -2.35. The first-order valence-corrected chi connectivity index (χ1v) is 10.8. The molecule has 2 aliphatic rings. The minimum Gasteiger partial charge on any atom is -0.289 e. The molecule has 0 radical (unpaired) electrons. The molecule has 0 spiro atoms. The van der Waals surface area contributed by atoms with E-state index in [1.165, 1.54) is 4.88 Å². The summed E-state index contributed by atoms with van der Waals surface area (Å²) in [4.78, 5) is 17.2. The van der Waals surface area contributed by atoms with Gasteiger partial charge in [-0.3, -0.25) is 9.88 Å². The summed E-state index contributed by atoms with van der Waals surface area (Å²) < 4.78 is 15.9. The van der Waals surface area contributed by atoms with Gasteiger partial charge in [-0.1, -0.05) is 6.07 Å². The molecule has 2 aliphatic heterocycles. The minimum absolute atomic E-state index is 0.210. The quantitative estimate of drug-likeness (QED) is 0.501. The molecule has 0 bridgehead atoms. The molecule has 0 saturated carbocycles. The van der Waals surface area contributed by atoms with Crippen LogP contribution in [0.2, 0.25) is 0 Å². The van der Waals surface area contributed by atoms with E-state index in [-0.39, 0.29) is 17.8 Å². The molecule has 3 aromatic heterocycles. The fourth-order valence-corrected chi connectivity index (χ4v) is 5.65. The summed E-state index contributed by atoms with van der Waals surface area (Å²) in [6, 6.07) is 9.29. The molecule has 4 aromatic rings. The standard InChI is InChI=1S/C22H19FN6S/c1-13(18-9-29-21(25-12-26-29)17-7-15(23)4-5-16(17)18)28-10-19-20(11-28)30-22(27-19)14-3-2-6-24-8-14/h2-8,12-13,18H,9-11H2,1H3. The number of halogens is 1. The summed E-state index contributed by atoms with van der Waals surface area (Å²) in [6.45, 7) is 4.70. The normalized spacial score (nSPS) is 18.7. The van der Waals surface area contributed by atoms with Gasteiger partial charge in [0.1, 0.15) is 17.2 Å². The van der Waals surface area contributed by atoms with Crippen molar-refractivity contribution >= 4 is 11.3 Å². The van der Waals surface area contributed by atoms with E-state index in [2.05, 4.69) is 33.0 Å². The third-order valence-electron chi connectivity index (χ3n) is 6.19. The summed E-state index contributed by atoms with van der Waals surface area (Å²) in [7, 11) is 0. The molecule has 0 saturated heterocycles. The Labute approximate surface area is 177 Å². The maximum absolute atomic E-state index is 14.0. The highest BCUT2D eigenvalue weighted by Crippen LogP contribution is 2.41. The zero-order chi connectivity index (χ0) is 20.2. The molecule has 0 aliphatic carbocycles. The molecule has 8 heteroatoms. The van der Waals surface area contributed by atoms with Gasteiger partial charge in [-0.05, 0) is 36.8 Å². The molecule has 0 N–H and O–H groups in total. The second kappa shape index (κ2) is 6.78. The van der Waals surface area contributed by atoms with Crippen molar-refractivity contribution in [3.8, 4) is 22.0 Å². The molecular weight excluding hydrogens is 399 g/mol. The molecule has 2 atom stereocenters. The summed E-state index contributed by atoms with van der Waals surface area (Å²) in [5, 5.41) is 5.40. The summed E-state index contributed by atoms with van der Waals surface area (Å²) in [6.07, 6.45) is 5.19. The number of fused-ring (bicyclic) bond motifs is 4. The van der Waals surface area contributed by atoms with Crippen LogP contribution in [0, 0.1) is 5.82 Å². The molecule has 0 amide bonds. The van der Waals surface area contributed by atoms with Crippen molar-refractivity contribution in [3.63, 3.8) is 0 Å². The molecule has 6 nitrogen and oxygen atoms in total. The van der Waals surface area contributed by atoms with Crippen molar-refractivity contribution in [1.82, 2.24) is 29.6 Å². The first-order chi connectivity index (χ1) is 14.7. The topological polar surface area (TPSA) is 59.7 Å². The first kappa shape index (κ1) is 17.9. The molecule has 2 unspecified atom stereocenters. The average molecular weight is 419 g/mol. The maximum Gasteiger partial charge on any atom is 0.158 e. The summed E-state index contributed by atoms with van der Waals surface area (Å²) >= 11 is 1.75. The van der Waals surface area contributed by atoms with Gasteiger partial charge in [-0.15, -0.1) is 11.3 Å². The smallest absolute Gasteiger partial charge is 0.158 e.